The molecule has 0 aliphatic heterocycles. The predicted octanol–water partition coefficient (Wildman–Crippen LogP) is 20.0. The minimum atomic E-state index is -1.69. The molecule has 0 fully saturated rings. The highest BCUT2D eigenvalue weighted by molar-refractivity contribution is 6.89. The van der Waals surface area contributed by atoms with E-state index in [0.717, 1.165) is 100 Å². The fraction of sp³-hybridized carbons (Fsp3) is 0.135. The number of benzene rings is 9. The number of anilines is 6. The molecule has 4 heterocycles. The number of furan rings is 3. The van der Waals surface area contributed by atoms with Gasteiger partial charge in [0, 0.05) is 79.8 Å². The number of aliphatic imine (C=N–C) groups is 1. The van der Waals surface area contributed by atoms with Crippen LogP contribution in [-0.4, -0.2) is 27.3 Å². The van der Waals surface area contributed by atoms with Crippen molar-refractivity contribution in [2.75, 3.05) is 9.80 Å². The summed E-state index contributed by atoms with van der Waals surface area (Å²) in [4.78, 5) is 14.0. The molecule has 0 saturated heterocycles. The molecule has 0 N–H and O–H groups in total. The van der Waals surface area contributed by atoms with E-state index in [9.17, 15) is 0 Å². The number of hydrogen-bond acceptors (Lipinski definition) is 7. The molecule has 13 aromatic rings. The normalized spacial score (nSPS) is 13.2. The fourth-order valence-corrected chi connectivity index (χ4v) is 15.3. The maximum atomic E-state index is 7.36. The van der Waals surface area contributed by atoms with E-state index in [0.29, 0.717) is 17.2 Å². The van der Waals surface area contributed by atoms with Gasteiger partial charge in [-0.3, -0.25) is 0 Å². The average Bonchev–Trinajstić information content (AvgIpc) is 2.56. The lowest BCUT2D eigenvalue weighted by molar-refractivity contribution is 0.625. The van der Waals surface area contributed by atoms with Gasteiger partial charge >= 0.3 is 0 Å². The Morgan fingerprint density at radius 3 is 1.72 bits per heavy atom. The monoisotopic (exact) mass is 1110 g/mol. The summed E-state index contributed by atoms with van der Waals surface area (Å²) in [5.74, 6) is 0.533. The van der Waals surface area contributed by atoms with Crippen LogP contribution in [-0.2, 0) is 5.41 Å². The maximum absolute atomic E-state index is 7.36. The van der Waals surface area contributed by atoms with Crippen molar-refractivity contribution < 1.29 is 13.3 Å². The quantitative estimate of drug-likeness (QED) is 0.0897. The Morgan fingerprint density at radius 2 is 1.08 bits per heavy atom. The molecule has 1 aliphatic carbocycles. The van der Waals surface area contributed by atoms with Gasteiger partial charge in [-0.1, -0.05) is 170 Å². The van der Waals surface area contributed by atoms with Crippen LogP contribution < -0.4 is 20.2 Å². The molecule has 14 rings (SSSR count). The lowest BCUT2D eigenvalue weighted by atomic mass is 9.67. The highest BCUT2D eigenvalue weighted by atomic mass is 28.3. The average molecular weight is 1110 g/mol. The van der Waals surface area contributed by atoms with Crippen LogP contribution in [0.5, 0.6) is 0 Å². The largest absolute Gasteiger partial charge is 0.454 e. The minimum Gasteiger partial charge on any atom is -0.454 e. The Morgan fingerprint density at radius 1 is 0.506 bits per heavy atom. The van der Waals surface area contributed by atoms with Crippen molar-refractivity contribution in [3.63, 3.8) is 0 Å². The molecule has 0 unspecified atom stereocenters. The van der Waals surface area contributed by atoms with E-state index < -0.39 is 21.6 Å². The first-order chi connectivity index (χ1) is 40.1. The van der Waals surface area contributed by atoms with Crippen molar-refractivity contribution in [2.24, 2.45) is 4.99 Å². The zero-order chi connectivity index (χ0) is 57.1. The first-order valence-electron chi connectivity index (χ1n) is 28.7. The van der Waals surface area contributed by atoms with Gasteiger partial charge in [-0.05, 0) is 139 Å². The highest BCUT2D eigenvalue weighted by Gasteiger charge is 2.49. The lowest BCUT2D eigenvalue weighted by Crippen LogP contribution is -2.37. The summed E-state index contributed by atoms with van der Waals surface area (Å²) in [6, 6.07) is 72.0. The molecule has 4 aromatic heterocycles. The van der Waals surface area contributed by atoms with Gasteiger partial charge < -0.3 is 23.1 Å². The highest BCUT2D eigenvalue weighted by Crippen LogP contribution is 2.62. The lowest BCUT2D eigenvalue weighted by Gasteiger charge is -2.36. The molecule has 0 saturated carbocycles. The van der Waals surface area contributed by atoms with Gasteiger partial charge in [0.15, 0.2) is 5.58 Å². The second-order valence-corrected chi connectivity index (χ2v) is 34.5. The van der Waals surface area contributed by atoms with Gasteiger partial charge in [0.2, 0.25) is 11.6 Å². The molecule has 9 aromatic carbocycles. The van der Waals surface area contributed by atoms with Crippen LogP contribution in [0.2, 0.25) is 39.3 Å². The van der Waals surface area contributed by atoms with Crippen molar-refractivity contribution in [1.29, 1.82) is 0 Å². The Bertz CT molecular complexity index is 4730. The minimum absolute atomic E-state index is 0.533. The Kier molecular flexibility index (Phi) is 12.1. The van der Waals surface area contributed by atoms with E-state index in [2.05, 4.69) is 268 Å². The number of pyridine rings is 1. The van der Waals surface area contributed by atoms with Crippen LogP contribution in [0.1, 0.15) is 45.9 Å². The Balaban J connectivity index is 1.10. The molecule has 0 atom stereocenters. The van der Waals surface area contributed by atoms with Crippen molar-refractivity contribution in [3.8, 4) is 11.1 Å². The summed E-state index contributed by atoms with van der Waals surface area (Å²) in [7, 11) is -3.34. The van der Waals surface area contributed by atoms with Gasteiger partial charge in [-0.15, -0.1) is 0 Å². The molecule has 83 heavy (non-hydrogen) atoms. The number of aromatic nitrogens is 1. The summed E-state index contributed by atoms with van der Waals surface area (Å²) in [5.41, 5.74) is 18.9. The van der Waals surface area contributed by atoms with Gasteiger partial charge in [0.25, 0.3) is 0 Å². The van der Waals surface area contributed by atoms with E-state index in [4.69, 9.17) is 13.3 Å². The molecular weight excluding hydrogens is 1050 g/mol. The van der Waals surface area contributed by atoms with Gasteiger partial charge in [0.05, 0.1) is 32.9 Å². The number of hydrogen-bond donors (Lipinski definition) is 0. The van der Waals surface area contributed by atoms with Gasteiger partial charge in [0.1, 0.15) is 16.7 Å². The third kappa shape index (κ3) is 8.35. The van der Waals surface area contributed by atoms with Crippen LogP contribution in [0.15, 0.2) is 225 Å². The Labute approximate surface area is 486 Å². The molecule has 406 valence electrons. The molecule has 1 aliphatic rings. The number of aryl methyl sites for hydroxylation is 2. The first kappa shape index (κ1) is 51.8. The van der Waals surface area contributed by atoms with Gasteiger partial charge in [-0.2, -0.15) is 0 Å². The topological polar surface area (TPSA) is 71.2 Å². The van der Waals surface area contributed by atoms with Crippen LogP contribution in [0.4, 0.5) is 40.0 Å². The third-order valence-electron chi connectivity index (χ3n) is 17.0. The van der Waals surface area contributed by atoms with E-state index in [1.807, 2.05) is 19.1 Å². The molecule has 7 nitrogen and oxygen atoms in total. The number of fused-ring (bicyclic) bond motifs is 11. The van der Waals surface area contributed by atoms with E-state index in [-0.39, 0.29) is 0 Å². The summed E-state index contributed by atoms with van der Waals surface area (Å²) in [6.07, 6.45) is 5.38. The molecular formula is C74H64N4O3Si2. The summed E-state index contributed by atoms with van der Waals surface area (Å²) < 4.78 is 20.5. The predicted molar refractivity (Wildman–Crippen MR) is 355 cm³/mol. The van der Waals surface area contributed by atoms with E-state index in [1.165, 1.54) is 38.2 Å². The zero-order valence-corrected chi connectivity index (χ0v) is 50.4. The van der Waals surface area contributed by atoms with Crippen molar-refractivity contribution in [1.82, 2.24) is 4.98 Å². The summed E-state index contributed by atoms with van der Waals surface area (Å²) in [5, 5.41) is 7.85. The van der Waals surface area contributed by atoms with Crippen LogP contribution in [0.3, 0.4) is 0 Å². The fourth-order valence-electron chi connectivity index (χ4n) is 13.0. The second kappa shape index (κ2) is 19.4. The van der Waals surface area contributed by atoms with E-state index in [1.54, 1.807) is 12.4 Å². The summed E-state index contributed by atoms with van der Waals surface area (Å²) >= 11 is 0. The molecule has 0 radical (unpaired) electrons. The SMILES string of the molecule is C=Cc1c(N=CC)oc2cc(N(c3ccc([Si](C)(C)C)cc3)c3cc4c(c5c3oc3ccccc35)-c3ccc(N(c5ccc([Si](C)(C)C)cc5)c5ccc6c(c5)oc5ncccc56)cc3C4(c3cccc(C)c3)c3cccc(C)c3)ccc12. The van der Waals surface area contributed by atoms with Crippen molar-refractivity contribution in [3.05, 3.63) is 246 Å². The first-order valence-corrected chi connectivity index (χ1v) is 35.7. The smallest absolute Gasteiger partial charge is 0.227 e. The summed E-state index contributed by atoms with van der Waals surface area (Å²) in [6.45, 7) is 24.9. The van der Waals surface area contributed by atoms with Gasteiger partial charge in [-0.25, -0.2) is 9.98 Å². The van der Waals surface area contributed by atoms with E-state index >= 15 is 0 Å². The Hall–Kier alpha value is -9.29. The third-order valence-corrected chi connectivity index (χ3v) is 21.1. The second-order valence-electron chi connectivity index (χ2n) is 24.3. The zero-order valence-electron chi connectivity index (χ0n) is 48.4. The molecule has 0 spiro atoms. The van der Waals surface area contributed by atoms with Crippen LogP contribution in [0.25, 0.3) is 72.2 Å². The number of rotatable bonds is 12. The standard InChI is InChI=1S/C74H64N4O3Si2/c1-11-57-58-36-30-54(44-67(58)80-72(57)75-12-2)78(51-27-34-56(35-28-51)83(8,9)10)65-45-64-69(70-62-22-13-14-24-66(62)79-71(65)70)61-38-31-52(42-63(61)74(64,48-20-15-18-46(3)40-48)49-21-16-19-47(4)41-49)77(50-25-32-55(33-26-50)82(5,6)7)53-29-37-59-60-23-17-39-76-73(60)81-68(59)43-53/h11-45H,1H2,2-10H3. The maximum Gasteiger partial charge on any atom is 0.227 e. The molecule has 0 amide bonds. The number of nitrogens with zero attached hydrogens (tertiary/aromatic N) is 4. The molecule has 9 heteroatoms. The van der Waals surface area contributed by atoms with Crippen molar-refractivity contribution >= 4 is 134 Å². The molecule has 0 bridgehead atoms. The van der Waals surface area contributed by atoms with Crippen molar-refractivity contribution in [2.45, 2.75) is 65.5 Å². The number of para-hydroxylation sites is 1. The van der Waals surface area contributed by atoms with Crippen LogP contribution in [0, 0.1) is 13.8 Å². The van der Waals surface area contributed by atoms with Crippen LogP contribution >= 0.6 is 0 Å².